The number of carbonyl (C=O) groups is 3. The lowest BCUT2D eigenvalue weighted by Gasteiger charge is -2.07. The molecule has 0 atom stereocenters. The molecule has 8 heteroatoms. The second-order valence-corrected chi connectivity index (χ2v) is 5.62. The molecule has 2 rings (SSSR count). The Bertz CT molecular complexity index is 797. The maximum atomic E-state index is 12.2. The third kappa shape index (κ3) is 3.21. The third-order valence-electron chi connectivity index (χ3n) is 3.42. The number of rotatable bonds is 7. The van der Waals surface area contributed by atoms with Crippen molar-refractivity contribution in [2.24, 2.45) is 5.73 Å². The van der Waals surface area contributed by atoms with Crippen molar-refractivity contribution < 1.29 is 24.2 Å². The maximum absolute atomic E-state index is 12.2. The molecule has 0 aliphatic carbocycles. The largest absolute Gasteiger partial charge is 0.481 e. The van der Waals surface area contributed by atoms with E-state index in [1.165, 1.54) is 0 Å². The molecular formula is C15H15BrN2O5. The molecule has 122 valence electrons. The van der Waals surface area contributed by atoms with Crippen molar-refractivity contribution in [3.63, 3.8) is 0 Å². The fraction of sp³-hybridized carbons (Fsp3) is 0.267. The molecule has 0 aliphatic rings. The van der Waals surface area contributed by atoms with Crippen LogP contribution in [0.15, 0.2) is 18.2 Å². The zero-order valence-corrected chi connectivity index (χ0v) is 13.9. The number of primary amides is 1. The second kappa shape index (κ2) is 6.82. The van der Waals surface area contributed by atoms with Crippen molar-refractivity contribution in [2.75, 3.05) is 11.9 Å². The Balaban J connectivity index is 2.74. The average molecular weight is 383 g/mol. The highest BCUT2D eigenvalue weighted by atomic mass is 79.9. The molecule has 23 heavy (non-hydrogen) atoms. The fourth-order valence-electron chi connectivity index (χ4n) is 2.53. The number of carbonyl (C=O) groups excluding carboxylic acids is 2. The summed E-state index contributed by atoms with van der Waals surface area (Å²) < 4.78 is 7.12. The number of aliphatic carboxylic acids is 1. The number of hydrogen-bond acceptors (Lipinski definition) is 4. The predicted molar refractivity (Wildman–Crippen MR) is 87.1 cm³/mol. The van der Waals surface area contributed by atoms with Gasteiger partial charge in [0.15, 0.2) is 6.61 Å². The minimum atomic E-state index is -1.14. The van der Waals surface area contributed by atoms with Gasteiger partial charge in [-0.05, 0) is 19.1 Å². The van der Waals surface area contributed by atoms with Crippen molar-refractivity contribution in [1.82, 2.24) is 4.57 Å². The van der Waals surface area contributed by atoms with Crippen molar-refractivity contribution in [1.29, 1.82) is 0 Å². The topological polar surface area (TPSA) is 112 Å². The molecule has 0 spiro atoms. The van der Waals surface area contributed by atoms with Crippen LogP contribution >= 0.6 is 15.9 Å². The number of hydrogen-bond donors (Lipinski definition) is 2. The number of carboxylic acids is 1. The number of benzene rings is 1. The quantitative estimate of drug-likeness (QED) is 0.427. The SMILES string of the molecule is Cc1c(C(=O)C(N)=O)c2c(OCC(=O)O)cccc2n1CCBr. The zero-order valence-electron chi connectivity index (χ0n) is 12.3. The molecule has 1 aromatic heterocycles. The summed E-state index contributed by atoms with van der Waals surface area (Å²) in [5, 5.41) is 9.82. The summed E-state index contributed by atoms with van der Waals surface area (Å²) in [6.07, 6.45) is 0. The van der Waals surface area contributed by atoms with E-state index in [-0.39, 0.29) is 11.3 Å². The van der Waals surface area contributed by atoms with Crippen LogP contribution in [0, 0.1) is 6.92 Å². The number of aryl methyl sites for hydroxylation is 1. The van der Waals surface area contributed by atoms with E-state index < -0.39 is 24.3 Å². The molecule has 0 bridgehead atoms. The van der Waals surface area contributed by atoms with E-state index in [4.69, 9.17) is 15.6 Å². The highest BCUT2D eigenvalue weighted by molar-refractivity contribution is 9.09. The molecule has 2 aromatic rings. The van der Waals surface area contributed by atoms with Gasteiger partial charge in [-0.1, -0.05) is 22.0 Å². The number of halogens is 1. The van der Waals surface area contributed by atoms with E-state index in [1.54, 1.807) is 25.1 Å². The van der Waals surface area contributed by atoms with Crippen LogP contribution in [0.2, 0.25) is 0 Å². The highest BCUT2D eigenvalue weighted by Gasteiger charge is 2.25. The second-order valence-electron chi connectivity index (χ2n) is 4.83. The predicted octanol–water partition coefficient (Wildman–Crippen LogP) is 1.48. The minimum absolute atomic E-state index is 0.148. The van der Waals surface area contributed by atoms with E-state index >= 15 is 0 Å². The number of ether oxygens (including phenoxy) is 1. The van der Waals surface area contributed by atoms with Crippen LogP contribution in [0.1, 0.15) is 16.1 Å². The normalized spacial score (nSPS) is 10.7. The Morgan fingerprint density at radius 2 is 2.04 bits per heavy atom. The van der Waals surface area contributed by atoms with E-state index in [9.17, 15) is 14.4 Å². The number of aromatic nitrogens is 1. The number of alkyl halides is 1. The zero-order chi connectivity index (χ0) is 17.1. The number of fused-ring (bicyclic) bond motifs is 1. The van der Waals surface area contributed by atoms with Crippen molar-refractivity contribution in [3.8, 4) is 5.75 Å². The molecule has 0 saturated carbocycles. The minimum Gasteiger partial charge on any atom is -0.481 e. The summed E-state index contributed by atoms with van der Waals surface area (Å²) in [5.74, 6) is -2.81. The lowest BCUT2D eigenvalue weighted by atomic mass is 10.1. The number of nitrogens with two attached hydrogens (primary N) is 1. The molecule has 1 aromatic carbocycles. The van der Waals surface area contributed by atoms with Gasteiger partial charge in [0, 0.05) is 17.6 Å². The first kappa shape index (κ1) is 17.0. The standard InChI is InChI=1S/C15H15BrN2O5/c1-8-12(14(21)15(17)22)13-9(18(8)6-5-16)3-2-4-10(13)23-7-11(19)20/h2-4H,5-7H2,1H3,(H2,17,22)(H,19,20). The summed E-state index contributed by atoms with van der Waals surface area (Å²) in [7, 11) is 0. The van der Waals surface area contributed by atoms with Crippen LogP contribution in [0.25, 0.3) is 10.9 Å². The first-order valence-corrected chi connectivity index (χ1v) is 7.87. The Kier molecular flexibility index (Phi) is 5.05. The first-order chi connectivity index (χ1) is 10.9. The Hall–Kier alpha value is -2.35. The van der Waals surface area contributed by atoms with Gasteiger partial charge in [-0.15, -0.1) is 0 Å². The molecule has 0 aliphatic heterocycles. The highest BCUT2D eigenvalue weighted by Crippen LogP contribution is 2.34. The van der Waals surface area contributed by atoms with Gasteiger partial charge in [0.05, 0.1) is 16.5 Å². The summed E-state index contributed by atoms with van der Waals surface area (Å²) >= 11 is 3.34. The molecule has 0 radical (unpaired) electrons. The van der Waals surface area contributed by atoms with Gasteiger partial charge in [-0.2, -0.15) is 0 Å². The maximum Gasteiger partial charge on any atom is 0.341 e. The molecule has 0 saturated heterocycles. The molecule has 0 fully saturated rings. The van der Waals surface area contributed by atoms with Crippen molar-refractivity contribution in [2.45, 2.75) is 13.5 Å². The Labute approximate surface area is 140 Å². The van der Waals surface area contributed by atoms with Crippen molar-refractivity contribution in [3.05, 3.63) is 29.5 Å². The number of carboxylic acid groups (broad SMARTS) is 1. The molecular weight excluding hydrogens is 368 g/mol. The summed E-state index contributed by atoms with van der Waals surface area (Å²) in [5.41, 5.74) is 6.54. The van der Waals surface area contributed by atoms with Crippen LogP contribution in [0.5, 0.6) is 5.75 Å². The molecule has 1 amide bonds. The van der Waals surface area contributed by atoms with E-state index in [0.717, 1.165) is 0 Å². The lowest BCUT2D eigenvalue weighted by Crippen LogP contribution is -2.24. The smallest absolute Gasteiger partial charge is 0.341 e. The summed E-state index contributed by atoms with van der Waals surface area (Å²) in [4.78, 5) is 34.3. The Morgan fingerprint density at radius 3 is 2.61 bits per heavy atom. The van der Waals surface area contributed by atoms with E-state index in [1.807, 2.05) is 4.57 Å². The van der Waals surface area contributed by atoms with Crippen molar-refractivity contribution >= 4 is 44.5 Å². The van der Waals surface area contributed by atoms with Gasteiger partial charge in [0.1, 0.15) is 5.75 Å². The van der Waals surface area contributed by atoms with Gasteiger partial charge < -0.3 is 20.1 Å². The van der Waals surface area contributed by atoms with Crippen LogP contribution in [-0.2, 0) is 16.1 Å². The van der Waals surface area contributed by atoms with Gasteiger partial charge in [-0.25, -0.2) is 4.79 Å². The van der Waals surface area contributed by atoms with Gasteiger partial charge in [-0.3, -0.25) is 9.59 Å². The number of Topliss-reactive ketones (excluding diaryl/α,β-unsaturated/α-hetero) is 1. The Morgan fingerprint density at radius 1 is 1.35 bits per heavy atom. The fourth-order valence-corrected chi connectivity index (χ4v) is 2.88. The van der Waals surface area contributed by atoms with Crippen LogP contribution < -0.4 is 10.5 Å². The third-order valence-corrected chi connectivity index (χ3v) is 3.78. The van der Waals surface area contributed by atoms with Gasteiger partial charge >= 0.3 is 5.97 Å². The molecule has 7 nitrogen and oxygen atoms in total. The molecule has 3 N–H and O–H groups in total. The van der Waals surface area contributed by atoms with E-state index in [0.29, 0.717) is 28.5 Å². The van der Waals surface area contributed by atoms with Gasteiger partial charge in [0.2, 0.25) is 0 Å². The van der Waals surface area contributed by atoms with Crippen LogP contribution in [-0.4, -0.2) is 39.3 Å². The summed E-state index contributed by atoms with van der Waals surface area (Å²) in [6, 6.07) is 5.03. The average Bonchev–Trinajstić information content (AvgIpc) is 2.78. The van der Waals surface area contributed by atoms with Crippen LogP contribution in [0.4, 0.5) is 0 Å². The molecule has 0 unspecified atom stereocenters. The number of amides is 1. The van der Waals surface area contributed by atoms with E-state index in [2.05, 4.69) is 15.9 Å². The lowest BCUT2D eigenvalue weighted by molar-refractivity contribution is -0.139. The van der Waals surface area contributed by atoms with Gasteiger partial charge in [0.25, 0.3) is 11.7 Å². The summed E-state index contributed by atoms with van der Waals surface area (Å²) in [6.45, 7) is 1.72. The monoisotopic (exact) mass is 382 g/mol. The number of nitrogens with zero attached hydrogens (tertiary/aromatic N) is 1. The number of ketones is 1. The molecule has 1 heterocycles. The first-order valence-electron chi connectivity index (χ1n) is 6.75. The van der Waals surface area contributed by atoms with Crippen LogP contribution in [0.3, 0.4) is 0 Å².